The van der Waals surface area contributed by atoms with Gasteiger partial charge in [-0.15, -0.1) is 0 Å². The quantitative estimate of drug-likeness (QED) is 0.655. The molecule has 0 heterocycles. The number of halogens is 5. The first-order chi connectivity index (χ1) is 9.40. The summed E-state index contributed by atoms with van der Waals surface area (Å²) < 4.78 is 65.7. The molecular formula is C14H10F5N. The number of anilines is 1. The third-order valence-corrected chi connectivity index (χ3v) is 2.87. The van der Waals surface area contributed by atoms with Crippen molar-refractivity contribution in [3.05, 3.63) is 64.5 Å². The summed E-state index contributed by atoms with van der Waals surface area (Å²) in [6.07, 6.45) is 0. The van der Waals surface area contributed by atoms with Crippen LogP contribution < -0.4 is 5.32 Å². The second kappa shape index (κ2) is 5.48. The lowest BCUT2D eigenvalue weighted by Gasteiger charge is -2.11. The average molecular weight is 287 g/mol. The fourth-order valence-electron chi connectivity index (χ4n) is 1.77. The van der Waals surface area contributed by atoms with E-state index in [4.69, 9.17) is 0 Å². The molecule has 2 aromatic carbocycles. The summed E-state index contributed by atoms with van der Waals surface area (Å²) in [5, 5.41) is 2.29. The van der Waals surface area contributed by atoms with Crippen molar-refractivity contribution in [1.82, 2.24) is 0 Å². The van der Waals surface area contributed by atoms with Crippen molar-refractivity contribution < 1.29 is 22.0 Å². The Kier molecular flexibility index (Phi) is 3.92. The summed E-state index contributed by atoms with van der Waals surface area (Å²) in [6.45, 7) is 1.52. The van der Waals surface area contributed by atoms with Crippen LogP contribution in [-0.2, 0) is 6.54 Å². The van der Waals surface area contributed by atoms with Crippen LogP contribution in [0.5, 0.6) is 0 Å². The number of benzene rings is 2. The predicted octanol–water partition coefficient (Wildman–Crippen LogP) is 4.30. The van der Waals surface area contributed by atoms with E-state index < -0.39 is 34.8 Å². The van der Waals surface area contributed by atoms with Gasteiger partial charge in [-0.3, -0.25) is 0 Å². The molecule has 2 aromatic rings. The van der Waals surface area contributed by atoms with Gasteiger partial charge in [0.2, 0.25) is 0 Å². The Hall–Kier alpha value is -2.11. The second-order valence-electron chi connectivity index (χ2n) is 4.27. The Bertz CT molecular complexity index is 628. The lowest BCUT2D eigenvalue weighted by molar-refractivity contribution is 0.458. The molecule has 0 aliphatic heterocycles. The SMILES string of the molecule is Cc1cc(F)ccc1CNc1c(F)c(F)cc(F)c1F. The van der Waals surface area contributed by atoms with Gasteiger partial charge < -0.3 is 5.32 Å². The molecule has 20 heavy (non-hydrogen) atoms. The van der Waals surface area contributed by atoms with Gasteiger partial charge in [0.15, 0.2) is 23.3 Å². The fourth-order valence-corrected chi connectivity index (χ4v) is 1.77. The van der Waals surface area contributed by atoms with Gasteiger partial charge in [-0.25, -0.2) is 22.0 Å². The second-order valence-corrected chi connectivity index (χ2v) is 4.27. The summed E-state index contributed by atoms with van der Waals surface area (Å²) >= 11 is 0. The molecule has 0 amide bonds. The zero-order valence-corrected chi connectivity index (χ0v) is 10.4. The minimum Gasteiger partial charge on any atom is -0.376 e. The lowest BCUT2D eigenvalue weighted by atomic mass is 10.1. The van der Waals surface area contributed by atoms with Gasteiger partial charge in [0.05, 0.1) is 0 Å². The maximum absolute atomic E-state index is 13.4. The standard InChI is InChI=1S/C14H10F5N/c1-7-4-9(15)3-2-8(7)6-20-14-12(18)10(16)5-11(17)13(14)19/h2-5,20H,6H2,1H3. The highest BCUT2D eigenvalue weighted by atomic mass is 19.2. The lowest BCUT2D eigenvalue weighted by Crippen LogP contribution is -2.08. The third-order valence-electron chi connectivity index (χ3n) is 2.87. The molecule has 0 spiro atoms. The molecule has 6 heteroatoms. The van der Waals surface area contributed by atoms with Crippen LogP contribution in [0.3, 0.4) is 0 Å². The maximum Gasteiger partial charge on any atom is 0.185 e. The molecule has 0 unspecified atom stereocenters. The van der Waals surface area contributed by atoms with Crippen LogP contribution in [0.25, 0.3) is 0 Å². The first-order valence-electron chi connectivity index (χ1n) is 5.72. The average Bonchev–Trinajstić information content (AvgIpc) is 2.38. The molecule has 1 nitrogen and oxygen atoms in total. The summed E-state index contributed by atoms with van der Waals surface area (Å²) in [5.74, 6) is -6.41. The Balaban J connectivity index is 2.27. The molecule has 0 saturated carbocycles. The van der Waals surface area contributed by atoms with E-state index in [1.54, 1.807) is 6.92 Å². The van der Waals surface area contributed by atoms with Gasteiger partial charge in [-0.1, -0.05) is 6.07 Å². The van der Waals surface area contributed by atoms with E-state index in [1.165, 1.54) is 18.2 Å². The Morgan fingerprint density at radius 3 is 2.05 bits per heavy atom. The topological polar surface area (TPSA) is 12.0 Å². The van der Waals surface area contributed by atoms with Crippen molar-refractivity contribution in [3.8, 4) is 0 Å². The highest BCUT2D eigenvalue weighted by Gasteiger charge is 2.18. The Morgan fingerprint density at radius 2 is 1.50 bits per heavy atom. The van der Waals surface area contributed by atoms with Crippen LogP contribution >= 0.6 is 0 Å². The van der Waals surface area contributed by atoms with Crippen molar-refractivity contribution in [2.24, 2.45) is 0 Å². The smallest absolute Gasteiger partial charge is 0.185 e. The molecule has 0 radical (unpaired) electrons. The van der Waals surface area contributed by atoms with E-state index >= 15 is 0 Å². The van der Waals surface area contributed by atoms with Crippen molar-refractivity contribution in [2.45, 2.75) is 13.5 Å². The normalized spacial score (nSPS) is 10.7. The van der Waals surface area contributed by atoms with Crippen molar-refractivity contribution in [2.75, 3.05) is 5.32 Å². The van der Waals surface area contributed by atoms with Crippen LogP contribution in [0.4, 0.5) is 27.6 Å². The van der Waals surface area contributed by atoms with Gasteiger partial charge in [0, 0.05) is 12.6 Å². The van der Waals surface area contributed by atoms with Crippen LogP contribution in [0.1, 0.15) is 11.1 Å². The van der Waals surface area contributed by atoms with Crippen molar-refractivity contribution >= 4 is 5.69 Å². The van der Waals surface area contributed by atoms with Crippen molar-refractivity contribution in [1.29, 1.82) is 0 Å². The van der Waals surface area contributed by atoms with Crippen LogP contribution in [0.2, 0.25) is 0 Å². The van der Waals surface area contributed by atoms with Crippen LogP contribution in [0.15, 0.2) is 24.3 Å². The summed E-state index contributed by atoms with van der Waals surface area (Å²) in [5.41, 5.74) is 0.219. The molecule has 1 N–H and O–H groups in total. The zero-order chi connectivity index (χ0) is 14.9. The number of aryl methyl sites for hydroxylation is 1. The molecule has 106 valence electrons. The van der Waals surface area contributed by atoms with Gasteiger partial charge >= 0.3 is 0 Å². The van der Waals surface area contributed by atoms with Gasteiger partial charge in [-0.05, 0) is 30.2 Å². The van der Waals surface area contributed by atoms with Gasteiger partial charge in [-0.2, -0.15) is 0 Å². The van der Waals surface area contributed by atoms with Crippen LogP contribution in [0, 0.1) is 36.0 Å². The monoisotopic (exact) mass is 287 g/mol. The van der Waals surface area contributed by atoms with Crippen LogP contribution in [-0.4, -0.2) is 0 Å². The Labute approximate surface area is 112 Å². The highest BCUT2D eigenvalue weighted by Crippen LogP contribution is 2.25. The highest BCUT2D eigenvalue weighted by molar-refractivity contribution is 5.48. The number of hydrogen-bond acceptors (Lipinski definition) is 1. The Morgan fingerprint density at radius 1 is 0.900 bits per heavy atom. The molecule has 0 aromatic heterocycles. The molecule has 0 fully saturated rings. The number of rotatable bonds is 3. The molecular weight excluding hydrogens is 277 g/mol. The van der Waals surface area contributed by atoms with E-state index in [0.29, 0.717) is 11.1 Å². The summed E-state index contributed by atoms with van der Waals surface area (Å²) in [7, 11) is 0. The minimum absolute atomic E-state index is 0.0944. The van der Waals surface area contributed by atoms with Gasteiger partial charge in [0.1, 0.15) is 11.5 Å². The molecule has 0 saturated heterocycles. The zero-order valence-electron chi connectivity index (χ0n) is 10.4. The maximum atomic E-state index is 13.4. The predicted molar refractivity (Wildman–Crippen MR) is 64.7 cm³/mol. The summed E-state index contributed by atoms with van der Waals surface area (Å²) in [6, 6.07) is 3.99. The molecule has 2 rings (SSSR count). The fraction of sp³-hybridized carbons (Fsp3) is 0.143. The van der Waals surface area contributed by atoms with E-state index in [-0.39, 0.29) is 12.6 Å². The molecule has 0 aliphatic rings. The van der Waals surface area contributed by atoms with E-state index in [2.05, 4.69) is 5.32 Å². The number of nitrogens with one attached hydrogen (secondary N) is 1. The molecule has 0 aliphatic carbocycles. The van der Waals surface area contributed by atoms with Gasteiger partial charge in [0.25, 0.3) is 0 Å². The van der Waals surface area contributed by atoms with E-state index in [1.807, 2.05) is 0 Å². The molecule has 0 bridgehead atoms. The number of hydrogen-bond donors (Lipinski definition) is 1. The van der Waals surface area contributed by atoms with Crippen molar-refractivity contribution in [3.63, 3.8) is 0 Å². The van der Waals surface area contributed by atoms with E-state index in [0.717, 1.165) is 0 Å². The van der Waals surface area contributed by atoms with E-state index in [9.17, 15) is 22.0 Å². The minimum atomic E-state index is -1.50. The first kappa shape index (κ1) is 14.3. The molecule has 0 atom stereocenters. The summed E-state index contributed by atoms with van der Waals surface area (Å²) in [4.78, 5) is 0. The third kappa shape index (κ3) is 2.74. The largest absolute Gasteiger partial charge is 0.376 e. The first-order valence-corrected chi connectivity index (χ1v) is 5.72.